The van der Waals surface area contributed by atoms with Gasteiger partial charge in [0.1, 0.15) is 11.5 Å². The van der Waals surface area contributed by atoms with Crippen LogP contribution in [-0.2, 0) is 0 Å². The van der Waals surface area contributed by atoms with Crippen LogP contribution in [0.2, 0.25) is 0 Å². The molecule has 4 N–H and O–H groups in total. The van der Waals surface area contributed by atoms with Crippen molar-refractivity contribution < 1.29 is 14.3 Å². The molecule has 8 nitrogen and oxygen atoms in total. The lowest BCUT2D eigenvalue weighted by molar-refractivity contribution is 0.0955. The average Bonchev–Trinajstić information content (AvgIpc) is 3.60. The lowest BCUT2D eigenvalue weighted by Gasteiger charge is -2.07. The van der Waals surface area contributed by atoms with Crippen LogP contribution in [0, 0.1) is 0 Å². The van der Waals surface area contributed by atoms with E-state index < -0.39 is 0 Å². The van der Waals surface area contributed by atoms with E-state index in [0.717, 1.165) is 44.5 Å². The van der Waals surface area contributed by atoms with Gasteiger partial charge in [0, 0.05) is 52.7 Å². The van der Waals surface area contributed by atoms with Crippen molar-refractivity contribution >= 4 is 33.6 Å². The molecule has 0 atom stereocenters. The normalized spacial score (nSPS) is 11.0. The predicted molar refractivity (Wildman–Crippen MR) is 152 cm³/mol. The van der Waals surface area contributed by atoms with Crippen LogP contribution < -0.4 is 15.4 Å². The molecule has 39 heavy (non-hydrogen) atoms. The van der Waals surface area contributed by atoms with Gasteiger partial charge in [-0.3, -0.25) is 14.6 Å². The van der Waals surface area contributed by atoms with Crippen LogP contribution in [0.5, 0.6) is 11.5 Å². The molecule has 3 aromatic heterocycles. The third-order valence-corrected chi connectivity index (χ3v) is 6.64. The second kappa shape index (κ2) is 9.83. The molecular weight excluding hydrogens is 490 g/mol. The summed E-state index contributed by atoms with van der Waals surface area (Å²) in [5.74, 6) is 1.07. The zero-order valence-electron chi connectivity index (χ0n) is 21.3. The quantitative estimate of drug-likeness (QED) is 0.222. The summed E-state index contributed by atoms with van der Waals surface area (Å²) in [5, 5.41) is 7.33. The number of rotatable bonds is 6. The van der Waals surface area contributed by atoms with Crippen molar-refractivity contribution in [2.24, 2.45) is 0 Å². The zero-order chi connectivity index (χ0) is 26.9. The molecule has 192 valence electrons. The lowest BCUT2D eigenvalue weighted by atomic mass is 10.1. The molecule has 0 aliphatic heterocycles. The summed E-state index contributed by atoms with van der Waals surface area (Å²) < 4.78 is 6.02. The van der Waals surface area contributed by atoms with Crippen LogP contribution in [-0.4, -0.2) is 40.9 Å². The third kappa shape index (κ3) is 4.71. The summed E-state index contributed by atoms with van der Waals surface area (Å²) in [6.07, 6.45) is 1.69. The number of amides is 2. The van der Waals surface area contributed by atoms with Gasteiger partial charge >= 0.3 is 0 Å². The summed E-state index contributed by atoms with van der Waals surface area (Å²) in [5.41, 5.74) is 6.57. The Hall–Kier alpha value is -5.37. The fourth-order valence-corrected chi connectivity index (χ4v) is 4.56. The molecule has 2 amide bonds. The van der Waals surface area contributed by atoms with E-state index in [4.69, 9.17) is 4.74 Å². The first-order valence-electron chi connectivity index (χ1n) is 12.4. The third-order valence-electron chi connectivity index (χ3n) is 6.64. The molecule has 0 saturated carbocycles. The van der Waals surface area contributed by atoms with Crippen LogP contribution >= 0.6 is 0 Å². The Balaban J connectivity index is 1.16. The first kappa shape index (κ1) is 24.0. The molecule has 0 bridgehead atoms. The van der Waals surface area contributed by atoms with Crippen molar-refractivity contribution in [2.45, 2.75) is 0 Å². The monoisotopic (exact) mass is 515 g/mol. The number of aromatic nitrogens is 3. The molecule has 0 fully saturated rings. The number of H-pyrrole nitrogens is 2. The van der Waals surface area contributed by atoms with Gasteiger partial charge in [-0.25, -0.2) is 0 Å². The van der Waals surface area contributed by atoms with E-state index in [1.165, 1.54) is 0 Å². The molecule has 3 heterocycles. The summed E-state index contributed by atoms with van der Waals surface area (Å²) in [4.78, 5) is 35.1. The molecule has 3 aromatic carbocycles. The summed E-state index contributed by atoms with van der Waals surface area (Å²) in [6.45, 7) is 0. The number of nitrogens with one attached hydrogen (secondary N) is 4. The van der Waals surface area contributed by atoms with Crippen molar-refractivity contribution in [3.8, 4) is 34.1 Å². The maximum Gasteiger partial charge on any atom is 0.251 e. The standard InChI is InChI=1S/C31H25N5O3/c1-32-30(37)21-5-3-19-13-26(35-27(19)15-21)18-7-9-23(10-8-18)39-24-11-12-25(34-17-24)29-14-20-4-6-22(31(38)33-2)16-28(20)36-29/h3-17,35-36H,1-2H3,(H,32,37)(H,33,38). The number of fused-ring (bicyclic) bond motifs is 2. The highest BCUT2D eigenvalue weighted by molar-refractivity contribution is 5.99. The van der Waals surface area contributed by atoms with Gasteiger partial charge < -0.3 is 25.3 Å². The molecule has 8 heteroatoms. The van der Waals surface area contributed by atoms with Crippen LogP contribution in [0.1, 0.15) is 20.7 Å². The SMILES string of the molecule is CNC(=O)c1ccc2cc(-c3ccc(Oc4ccc(-c5cc6ccc(C(=O)NC)cc6[nH]5)nc4)cc3)[nH]c2c1. The number of hydrogen-bond donors (Lipinski definition) is 4. The molecule has 6 aromatic rings. The Bertz CT molecular complexity index is 1700. The van der Waals surface area contributed by atoms with E-state index in [1.807, 2.05) is 72.8 Å². The minimum absolute atomic E-state index is 0.116. The molecule has 0 unspecified atom stereocenters. The van der Waals surface area contributed by atoms with Gasteiger partial charge in [-0.05, 0) is 78.4 Å². The predicted octanol–water partition coefficient (Wildman–Crippen LogP) is 5.89. The Morgan fingerprint density at radius 1 is 0.667 bits per heavy atom. The van der Waals surface area contributed by atoms with Crippen molar-refractivity contribution in [3.05, 3.63) is 102 Å². The first-order chi connectivity index (χ1) is 19.0. The summed E-state index contributed by atoms with van der Waals surface area (Å²) in [7, 11) is 3.24. The van der Waals surface area contributed by atoms with Gasteiger partial charge in [-0.1, -0.05) is 12.1 Å². The number of hydrogen-bond acceptors (Lipinski definition) is 4. The van der Waals surface area contributed by atoms with E-state index in [2.05, 4.69) is 31.7 Å². The number of carbonyl (C=O) groups excluding carboxylic acids is 2. The maximum absolute atomic E-state index is 11.9. The van der Waals surface area contributed by atoms with Crippen molar-refractivity contribution in [2.75, 3.05) is 14.1 Å². The highest BCUT2D eigenvalue weighted by Gasteiger charge is 2.10. The molecule has 6 rings (SSSR count). The van der Waals surface area contributed by atoms with Gasteiger partial charge in [0.2, 0.25) is 0 Å². The highest BCUT2D eigenvalue weighted by atomic mass is 16.5. The number of benzene rings is 3. The van der Waals surface area contributed by atoms with Crippen LogP contribution in [0.25, 0.3) is 44.5 Å². The van der Waals surface area contributed by atoms with Crippen molar-refractivity contribution in [1.29, 1.82) is 0 Å². The summed E-state index contributed by atoms with van der Waals surface area (Å²) >= 11 is 0. The van der Waals surface area contributed by atoms with Crippen molar-refractivity contribution in [1.82, 2.24) is 25.6 Å². The number of nitrogens with zero attached hydrogens (tertiary/aromatic N) is 1. The zero-order valence-corrected chi connectivity index (χ0v) is 21.3. The highest BCUT2D eigenvalue weighted by Crippen LogP contribution is 2.29. The minimum Gasteiger partial charge on any atom is -0.456 e. The van der Waals surface area contributed by atoms with Gasteiger partial charge in [0.15, 0.2) is 0 Å². The van der Waals surface area contributed by atoms with E-state index in [-0.39, 0.29) is 11.8 Å². The van der Waals surface area contributed by atoms with Crippen molar-refractivity contribution in [3.63, 3.8) is 0 Å². The number of pyridine rings is 1. The Labute approximate surface area is 224 Å². The van der Waals surface area contributed by atoms with Gasteiger partial charge in [0.05, 0.1) is 17.6 Å². The largest absolute Gasteiger partial charge is 0.456 e. The van der Waals surface area contributed by atoms with E-state index in [0.29, 0.717) is 22.6 Å². The Morgan fingerprint density at radius 2 is 1.23 bits per heavy atom. The summed E-state index contributed by atoms with van der Waals surface area (Å²) in [6, 6.07) is 26.8. The second-order valence-electron chi connectivity index (χ2n) is 9.13. The smallest absolute Gasteiger partial charge is 0.251 e. The fourth-order valence-electron chi connectivity index (χ4n) is 4.56. The molecule has 0 radical (unpaired) electrons. The van der Waals surface area contributed by atoms with Crippen LogP contribution in [0.3, 0.4) is 0 Å². The molecule has 0 saturated heterocycles. The average molecular weight is 516 g/mol. The second-order valence-corrected chi connectivity index (χ2v) is 9.13. The van der Waals surface area contributed by atoms with Crippen LogP contribution in [0.15, 0.2) is 91.1 Å². The van der Waals surface area contributed by atoms with E-state index >= 15 is 0 Å². The van der Waals surface area contributed by atoms with Gasteiger partial charge in [-0.15, -0.1) is 0 Å². The maximum atomic E-state index is 11.9. The van der Waals surface area contributed by atoms with E-state index in [9.17, 15) is 9.59 Å². The van der Waals surface area contributed by atoms with Crippen LogP contribution in [0.4, 0.5) is 0 Å². The topological polar surface area (TPSA) is 112 Å². The Morgan fingerprint density at radius 3 is 1.79 bits per heavy atom. The number of aromatic amines is 2. The molecular formula is C31H25N5O3. The number of carbonyl (C=O) groups is 2. The molecule has 0 aliphatic rings. The number of ether oxygens (including phenoxy) is 1. The first-order valence-corrected chi connectivity index (χ1v) is 12.4. The minimum atomic E-state index is -0.126. The van der Waals surface area contributed by atoms with Gasteiger partial charge in [-0.2, -0.15) is 0 Å². The lowest BCUT2D eigenvalue weighted by Crippen LogP contribution is -2.17. The Kier molecular flexibility index (Phi) is 6.05. The van der Waals surface area contributed by atoms with E-state index in [1.54, 1.807) is 26.4 Å². The molecule has 0 spiro atoms. The molecule has 0 aliphatic carbocycles. The fraction of sp³-hybridized carbons (Fsp3) is 0.0645. The van der Waals surface area contributed by atoms with Gasteiger partial charge in [0.25, 0.3) is 11.8 Å².